The molecule has 0 saturated heterocycles. The van der Waals surface area contributed by atoms with Crippen LogP contribution in [0.2, 0.25) is 0 Å². The number of rotatable bonds is 5. The molecule has 5 rings (SSSR count). The molecule has 0 aromatic rings. The summed E-state index contributed by atoms with van der Waals surface area (Å²) < 4.78 is 0. The van der Waals surface area contributed by atoms with E-state index in [0.29, 0.717) is 56.9 Å². The average Bonchev–Trinajstić information content (AvgIpc) is 3.27. The van der Waals surface area contributed by atoms with E-state index >= 15 is 0 Å². The van der Waals surface area contributed by atoms with E-state index in [1.165, 1.54) is 51.4 Å². The summed E-state index contributed by atoms with van der Waals surface area (Å²) in [6.45, 7) is 16.5. The van der Waals surface area contributed by atoms with Gasteiger partial charge in [-0.05, 0) is 103 Å². The monoisotopic (exact) mass is 440 g/mol. The number of hydrogen-bond acceptors (Lipinski definition) is 2. The van der Waals surface area contributed by atoms with E-state index in [2.05, 4.69) is 48.5 Å². The smallest absolute Gasteiger partial charge is 0.138 e. The molecule has 5 aliphatic rings. The predicted molar refractivity (Wildman–Crippen MR) is 130 cm³/mol. The highest BCUT2D eigenvalue weighted by atomic mass is 16.1. The number of carbonyl (C=O) groups excluding carboxylic acids is 2. The van der Waals surface area contributed by atoms with Crippen LogP contribution in [0.4, 0.5) is 0 Å². The lowest BCUT2D eigenvalue weighted by molar-refractivity contribution is -0.157. The molecule has 0 unspecified atom stereocenters. The van der Waals surface area contributed by atoms with Crippen molar-refractivity contribution in [3.8, 4) is 0 Å². The van der Waals surface area contributed by atoms with Crippen molar-refractivity contribution in [3.63, 3.8) is 0 Å². The minimum absolute atomic E-state index is 0.113. The summed E-state index contributed by atoms with van der Waals surface area (Å²) in [5, 5.41) is 0. The lowest BCUT2D eigenvalue weighted by Crippen LogP contribution is -2.57. The fourth-order valence-corrected chi connectivity index (χ4v) is 11.2. The predicted octanol–water partition coefficient (Wildman–Crippen LogP) is 7.64. The first-order valence-corrected chi connectivity index (χ1v) is 13.9. The fourth-order valence-electron chi connectivity index (χ4n) is 11.2. The number of Topliss-reactive ketones (excluding diaryl/α,β-unsaturated/α-hetero) is 2. The van der Waals surface area contributed by atoms with Gasteiger partial charge in [-0.2, -0.15) is 0 Å². The summed E-state index contributed by atoms with van der Waals surface area (Å²) >= 11 is 0. The third kappa shape index (κ3) is 2.70. The molecule has 0 radical (unpaired) electrons. The van der Waals surface area contributed by atoms with Crippen molar-refractivity contribution in [3.05, 3.63) is 0 Å². The van der Waals surface area contributed by atoms with E-state index in [1.54, 1.807) is 0 Å². The van der Waals surface area contributed by atoms with Crippen LogP contribution in [-0.2, 0) is 9.59 Å². The second-order valence-corrected chi connectivity index (χ2v) is 14.6. The van der Waals surface area contributed by atoms with Crippen molar-refractivity contribution in [2.75, 3.05) is 0 Å². The highest BCUT2D eigenvalue weighted by Gasteiger charge is 2.82. The Bertz CT molecular complexity index is 825. The minimum atomic E-state index is -0.113. The van der Waals surface area contributed by atoms with E-state index in [1.807, 2.05) is 0 Å². The van der Waals surface area contributed by atoms with Crippen LogP contribution in [0.3, 0.4) is 0 Å². The molecule has 5 fully saturated rings. The first kappa shape index (κ1) is 23.1. The second kappa shape index (κ2) is 6.94. The maximum absolute atomic E-state index is 12.8. The van der Waals surface area contributed by atoms with Gasteiger partial charge in [0, 0.05) is 24.7 Å². The SMILES string of the molecule is CC(C)CC(=O)C[C@@H](C)[C@H]1CC[C@@]2(C)[C@@H]3CC[C@@H]4C(C)(C)C(=O)CC[C@@]45C[C@@]35CC[C@]12C. The van der Waals surface area contributed by atoms with Crippen molar-refractivity contribution >= 4 is 11.6 Å². The molecule has 0 aliphatic heterocycles. The highest BCUT2D eigenvalue weighted by Crippen LogP contribution is 2.88. The van der Waals surface area contributed by atoms with Crippen LogP contribution in [-0.4, -0.2) is 11.6 Å². The van der Waals surface area contributed by atoms with E-state index in [0.717, 1.165) is 25.2 Å². The first-order chi connectivity index (χ1) is 14.8. The Morgan fingerprint density at radius 2 is 1.50 bits per heavy atom. The van der Waals surface area contributed by atoms with Crippen LogP contribution < -0.4 is 0 Å². The van der Waals surface area contributed by atoms with Crippen molar-refractivity contribution in [2.45, 2.75) is 119 Å². The van der Waals surface area contributed by atoms with Gasteiger partial charge in [0.1, 0.15) is 11.6 Å². The van der Waals surface area contributed by atoms with Gasteiger partial charge >= 0.3 is 0 Å². The molecule has 2 heteroatoms. The summed E-state index contributed by atoms with van der Waals surface area (Å²) in [7, 11) is 0. The molecule has 8 atom stereocenters. The maximum atomic E-state index is 12.8. The number of hydrogen-bond donors (Lipinski definition) is 0. The molecule has 5 saturated carbocycles. The Labute approximate surface area is 197 Å². The highest BCUT2D eigenvalue weighted by molar-refractivity contribution is 5.86. The van der Waals surface area contributed by atoms with E-state index in [9.17, 15) is 9.59 Å². The van der Waals surface area contributed by atoms with Gasteiger partial charge in [-0.1, -0.05) is 48.5 Å². The van der Waals surface area contributed by atoms with Gasteiger partial charge < -0.3 is 0 Å². The molecule has 0 aromatic carbocycles. The molecule has 180 valence electrons. The van der Waals surface area contributed by atoms with Crippen LogP contribution >= 0.6 is 0 Å². The van der Waals surface area contributed by atoms with Crippen molar-refractivity contribution in [1.29, 1.82) is 0 Å². The Hall–Kier alpha value is -0.660. The average molecular weight is 441 g/mol. The first-order valence-electron chi connectivity index (χ1n) is 13.9. The third-order valence-electron chi connectivity index (χ3n) is 12.8. The molecule has 0 N–H and O–H groups in total. The zero-order chi connectivity index (χ0) is 23.3. The van der Waals surface area contributed by atoms with Gasteiger partial charge in [0.25, 0.3) is 0 Å². The number of ketones is 2. The lowest BCUT2D eigenvalue weighted by atomic mass is 9.42. The molecule has 0 heterocycles. The largest absolute Gasteiger partial charge is 0.300 e. The molecule has 2 nitrogen and oxygen atoms in total. The molecule has 32 heavy (non-hydrogen) atoms. The zero-order valence-electron chi connectivity index (χ0n) is 22.0. The van der Waals surface area contributed by atoms with Crippen LogP contribution in [0.5, 0.6) is 0 Å². The van der Waals surface area contributed by atoms with E-state index in [4.69, 9.17) is 0 Å². The van der Waals surface area contributed by atoms with Crippen LogP contribution in [0, 0.1) is 56.7 Å². The Morgan fingerprint density at radius 1 is 0.844 bits per heavy atom. The Balaban J connectivity index is 1.40. The number of fused-ring (bicyclic) bond motifs is 2. The van der Waals surface area contributed by atoms with E-state index in [-0.39, 0.29) is 5.41 Å². The fraction of sp³-hybridized carbons (Fsp3) is 0.933. The van der Waals surface area contributed by atoms with E-state index < -0.39 is 0 Å². The summed E-state index contributed by atoms with van der Waals surface area (Å²) in [5.74, 6) is 4.13. The zero-order valence-corrected chi connectivity index (χ0v) is 22.0. The number of carbonyl (C=O) groups is 2. The van der Waals surface area contributed by atoms with Gasteiger partial charge in [-0.15, -0.1) is 0 Å². The van der Waals surface area contributed by atoms with Gasteiger partial charge in [-0.3, -0.25) is 9.59 Å². The summed E-state index contributed by atoms with van der Waals surface area (Å²) in [4.78, 5) is 25.5. The van der Waals surface area contributed by atoms with Gasteiger partial charge in [0.2, 0.25) is 0 Å². The Kier molecular flexibility index (Phi) is 5.01. The second-order valence-electron chi connectivity index (χ2n) is 14.6. The van der Waals surface area contributed by atoms with Gasteiger partial charge in [0.15, 0.2) is 0 Å². The molecule has 0 bridgehead atoms. The molecular weight excluding hydrogens is 392 g/mol. The van der Waals surface area contributed by atoms with Crippen molar-refractivity contribution < 1.29 is 9.59 Å². The standard InChI is InChI=1S/C30H48O2/c1-19(2)16-21(31)17-20(3)22-10-12-28(7)24-9-8-23-26(4,5)25(32)11-13-29(23)18-30(24,29)15-14-27(22,28)6/h19-20,22-24H,8-18H2,1-7H3/t20-,22-,23-,24+,27-,28+,29-,30+/m1/s1. The van der Waals surface area contributed by atoms with Crippen LogP contribution in [0.25, 0.3) is 0 Å². The lowest BCUT2D eigenvalue weighted by Gasteiger charge is -2.62. The topological polar surface area (TPSA) is 34.1 Å². The van der Waals surface area contributed by atoms with Gasteiger partial charge in [0.05, 0.1) is 0 Å². The normalized spacial score (nSPS) is 49.6. The molecular formula is C30H48O2. The Morgan fingerprint density at radius 3 is 2.19 bits per heavy atom. The van der Waals surface area contributed by atoms with Gasteiger partial charge in [-0.25, -0.2) is 0 Å². The summed E-state index contributed by atoms with van der Waals surface area (Å²) in [6, 6.07) is 0. The third-order valence-corrected chi connectivity index (χ3v) is 12.8. The minimum Gasteiger partial charge on any atom is -0.300 e. The molecule has 0 amide bonds. The quantitative estimate of drug-likeness (QED) is 0.440. The molecule has 2 spiro atoms. The van der Waals surface area contributed by atoms with Crippen molar-refractivity contribution in [2.24, 2.45) is 56.7 Å². The van der Waals surface area contributed by atoms with Crippen molar-refractivity contribution in [1.82, 2.24) is 0 Å². The molecule has 5 aliphatic carbocycles. The van der Waals surface area contributed by atoms with Crippen LogP contribution in [0.15, 0.2) is 0 Å². The maximum Gasteiger partial charge on any atom is 0.138 e. The van der Waals surface area contributed by atoms with Crippen LogP contribution in [0.1, 0.15) is 119 Å². The summed E-state index contributed by atoms with van der Waals surface area (Å²) in [6.07, 6.45) is 12.9. The summed E-state index contributed by atoms with van der Waals surface area (Å²) in [5.41, 5.74) is 1.66. The molecule has 0 aromatic heterocycles.